The van der Waals surface area contributed by atoms with Crippen molar-refractivity contribution in [1.29, 1.82) is 0 Å². The quantitative estimate of drug-likeness (QED) is 0.716. The summed E-state index contributed by atoms with van der Waals surface area (Å²) in [5, 5.41) is 14.6. The van der Waals surface area contributed by atoms with Gasteiger partial charge in [0.25, 0.3) is 0 Å². The molecule has 0 spiro atoms. The minimum Gasteiger partial charge on any atom is -0.395 e. The molecule has 3 N–H and O–H groups in total. The number of carbonyl (C=O) groups is 1. The summed E-state index contributed by atoms with van der Waals surface area (Å²) >= 11 is 0. The number of aliphatic hydroxyl groups is 1. The molecule has 0 bridgehead atoms. The SMILES string of the molecule is CCc1cccc(C)c1NC(=O)C(C)NCCO. The molecule has 0 aliphatic carbocycles. The summed E-state index contributed by atoms with van der Waals surface area (Å²) in [5.41, 5.74) is 3.11. The lowest BCUT2D eigenvalue weighted by atomic mass is 10.1. The van der Waals surface area contributed by atoms with Crippen molar-refractivity contribution in [3.63, 3.8) is 0 Å². The van der Waals surface area contributed by atoms with E-state index in [4.69, 9.17) is 5.11 Å². The van der Waals surface area contributed by atoms with Crippen LogP contribution in [0.2, 0.25) is 0 Å². The molecular weight excluding hydrogens is 228 g/mol. The van der Waals surface area contributed by atoms with Gasteiger partial charge in [-0.15, -0.1) is 0 Å². The van der Waals surface area contributed by atoms with E-state index in [0.717, 1.165) is 23.2 Å². The van der Waals surface area contributed by atoms with Crippen LogP contribution in [0.1, 0.15) is 25.0 Å². The molecule has 0 aromatic heterocycles. The number of anilines is 1. The molecule has 100 valence electrons. The molecule has 0 saturated heterocycles. The minimum absolute atomic E-state index is 0.0300. The summed E-state index contributed by atoms with van der Waals surface area (Å²) in [5.74, 6) is -0.0764. The fourth-order valence-corrected chi connectivity index (χ4v) is 1.81. The summed E-state index contributed by atoms with van der Waals surface area (Å²) in [7, 11) is 0. The van der Waals surface area contributed by atoms with Crippen LogP contribution >= 0.6 is 0 Å². The van der Waals surface area contributed by atoms with Gasteiger partial charge in [-0.3, -0.25) is 4.79 Å². The van der Waals surface area contributed by atoms with Crippen molar-refractivity contribution in [2.45, 2.75) is 33.2 Å². The number of aryl methyl sites for hydroxylation is 2. The fraction of sp³-hybridized carbons (Fsp3) is 0.500. The predicted molar refractivity (Wildman–Crippen MR) is 73.7 cm³/mol. The maximum absolute atomic E-state index is 12.0. The van der Waals surface area contributed by atoms with Gasteiger partial charge in [0, 0.05) is 12.2 Å². The smallest absolute Gasteiger partial charge is 0.241 e. The first kappa shape index (κ1) is 14.7. The number of hydrogen-bond acceptors (Lipinski definition) is 3. The van der Waals surface area contributed by atoms with Crippen molar-refractivity contribution in [3.8, 4) is 0 Å². The second kappa shape index (κ2) is 7.13. The molecule has 4 heteroatoms. The molecular formula is C14H22N2O2. The minimum atomic E-state index is -0.318. The lowest BCUT2D eigenvalue weighted by Crippen LogP contribution is -2.39. The molecule has 0 fully saturated rings. The van der Waals surface area contributed by atoms with E-state index in [9.17, 15) is 4.79 Å². The maximum Gasteiger partial charge on any atom is 0.241 e. The van der Waals surface area contributed by atoms with Gasteiger partial charge >= 0.3 is 0 Å². The predicted octanol–water partition coefficient (Wildman–Crippen LogP) is 1.47. The molecule has 1 aromatic carbocycles. The molecule has 0 aliphatic rings. The van der Waals surface area contributed by atoms with E-state index in [1.807, 2.05) is 25.1 Å². The van der Waals surface area contributed by atoms with Gasteiger partial charge in [0.1, 0.15) is 0 Å². The van der Waals surface area contributed by atoms with Crippen LogP contribution in [0.15, 0.2) is 18.2 Å². The van der Waals surface area contributed by atoms with Crippen molar-refractivity contribution in [2.24, 2.45) is 0 Å². The van der Waals surface area contributed by atoms with Gasteiger partial charge in [0.15, 0.2) is 0 Å². The molecule has 0 saturated carbocycles. The normalized spacial score (nSPS) is 12.2. The van der Waals surface area contributed by atoms with Gasteiger partial charge in [0.2, 0.25) is 5.91 Å². The summed E-state index contributed by atoms with van der Waals surface area (Å²) < 4.78 is 0. The van der Waals surface area contributed by atoms with Crippen molar-refractivity contribution >= 4 is 11.6 Å². The van der Waals surface area contributed by atoms with Crippen LogP contribution in [0.3, 0.4) is 0 Å². The topological polar surface area (TPSA) is 61.4 Å². The Labute approximate surface area is 108 Å². The Morgan fingerprint density at radius 2 is 2.17 bits per heavy atom. The lowest BCUT2D eigenvalue weighted by Gasteiger charge is -2.17. The molecule has 4 nitrogen and oxygen atoms in total. The van der Waals surface area contributed by atoms with Gasteiger partial charge in [-0.05, 0) is 31.4 Å². The first-order valence-corrected chi connectivity index (χ1v) is 6.33. The highest BCUT2D eigenvalue weighted by Crippen LogP contribution is 2.21. The van der Waals surface area contributed by atoms with Gasteiger partial charge in [-0.2, -0.15) is 0 Å². The second-order valence-corrected chi connectivity index (χ2v) is 4.35. The van der Waals surface area contributed by atoms with Crippen molar-refractivity contribution < 1.29 is 9.90 Å². The monoisotopic (exact) mass is 250 g/mol. The number of aliphatic hydroxyl groups excluding tert-OH is 1. The first-order valence-electron chi connectivity index (χ1n) is 6.33. The number of rotatable bonds is 6. The van der Waals surface area contributed by atoms with Gasteiger partial charge in [0.05, 0.1) is 12.6 Å². The molecule has 0 aliphatic heterocycles. The number of nitrogens with one attached hydrogen (secondary N) is 2. The third-order valence-electron chi connectivity index (χ3n) is 2.94. The van der Waals surface area contributed by atoms with Crippen LogP contribution in [-0.2, 0) is 11.2 Å². The van der Waals surface area contributed by atoms with Crippen LogP contribution in [0.5, 0.6) is 0 Å². The number of amides is 1. The third-order valence-corrected chi connectivity index (χ3v) is 2.94. The molecule has 1 amide bonds. The molecule has 1 rings (SSSR count). The van der Waals surface area contributed by atoms with Gasteiger partial charge in [-0.25, -0.2) is 0 Å². The maximum atomic E-state index is 12.0. The molecule has 0 radical (unpaired) electrons. The number of para-hydroxylation sites is 1. The number of hydrogen-bond donors (Lipinski definition) is 3. The Bertz CT molecular complexity index is 405. The number of carbonyl (C=O) groups excluding carboxylic acids is 1. The van der Waals surface area contributed by atoms with Crippen LogP contribution in [0, 0.1) is 6.92 Å². The average molecular weight is 250 g/mol. The van der Waals surface area contributed by atoms with Gasteiger partial charge in [-0.1, -0.05) is 25.1 Å². The second-order valence-electron chi connectivity index (χ2n) is 4.35. The third kappa shape index (κ3) is 3.82. The Morgan fingerprint density at radius 3 is 2.78 bits per heavy atom. The summed E-state index contributed by atoms with van der Waals surface area (Å²) in [6.07, 6.45) is 0.885. The average Bonchev–Trinajstić information content (AvgIpc) is 2.38. The van der Waals surface area contributed by atoms with Crippen LogP contribution in [-0.4, -0.2) is 30.2 Å². The van der Waals surface area contributed by atoms with Crippen molar-refractivity contribution in [3.05, 3.63) is 29.3 Å². The Balaban J connectivity index is 2.75. The summed E-state index contributed by atoms with van der Waals surface area (Å²) in [6, 6.07) is 5.69. The van der Waals surface area contributed by atoms with Crippen molar-refractivity contribution in [2.75, 3.05) is 18.5 Å². The molecule has 1 unspecified atom stereocenters. The van der Waals surface area contributed by atoms with Crippen LogP contribution in [0.25, 0.3) is 0 Å². The van der Waals surface area contributed by atoms with E-state index in [1.54, 1.807) is 6.92 Å². The largest absolute Gasteiger partial charge is 0.395 e. The first-order chi connectivity index (χ1) is 8.60. The highest BCUT2D eigenvalue weighted by Gasteiger charge is 2.14. The Kier molecular flexibility index (Phi) is 5.82. The number of benzene rings is 1. The zero-order chi connectivity index (χ0) is 13.5. The van der Waals surface area contributed by atoms with Crippen molar-refractivity contribution in [1.82, 2.24) is 5.32 Å². The van der Waals surface area contributed by atoms with E-state index >= 15 is 0 Å². The Hall–Kier alpha value is -1.39. The highest BCUT2D eigenvalue weighted by molar-refractivity contribution is 5.95. The van der Waals surface area contributed by atoms with E-state index in [-0.39, 0.29) is 18.6 Å². The molecule has 1 aromatic rings. The van der Waals surface area contributed by atoms with E-state index in [2.05, 4.69) is 17.6 Å². The summed E-state index contributed by atoms with van der Waals surface area (Å²) in [6.45, 7) is 6.29. The van der Waals surface area contributed by atoms with Crippen LogP contribution < -0.4 is 10.6 Å². The van der Waals surface area contributed by atoms with E-state index < -0.39 is 0 Å². The zero-order valence-electron chi connectivity index (χ0n) is 11.3. The zero-order valence-corrected chi connectivity index (χ0v) is 11.3. The van der Waals surface area contributed by atoms with Gasteiger partial charge < -0.3 is 15.7 Å². The fourth-order valence-electron chi connectivity index (χ4n) is 1.81. The van der Waals surface area contributed by atoms with Crippen LogP contribution in [0.4, 0.5) is 5.69 Å². The lowest BCUT2D eigenvalue weighted by molar-refractivity contribution is -0.117. The molecule has 18 heavy (non-hydrogen) atoms. The standard InChI is InChI=1S/C14H22N2O2/c1-4-12-7-5-6-10(2)13(12)16-14(18)11(3)15-8-9-17/h5-7,11,15,17H,4,8-9H2,1-3H3,(H,16,18). The molecule has 0 heterocycles. The highest BCUT2D eigenvalue weighted by atomic mass is 16.3. The van der Waals surface area contributed by atoms with E-state index in [1.165, 1.54) is 0 Å². The summed E-state index contributed by atoms with van der Waals surface area (Å²) in [4.78, 5) is 12.0. The van der Waals surface area contributed by atoms with E-state index in [0.29, 0.717) is 6.54 Å². The molecule has 1 atom stereocenters. The Morgan fingerprint density at radius 1 is 1.44 bits per heavy atom.